The molecule has 5 atom stereocenters. The van der Waals surface area contributed by atoms with Crippen molar-refractivity contribution >= 4 is 55.5 Å². The number of pyridine rings is 1. The highest BCUT2D eigenvalue weighted by molar-refractivity contribution is 7.91. The van der Waals surface area contributed by atoms with Gasteiger partial charge in [0, 0.05) is 28.8 Å². The van der Waals surface area contributed by atoms with E-state index in [9.17, 15) is 27.2 Å². The number of aryl methyl sites for hydroxylation is 1. The molecule has 4 aliphatic rings. The van der Waals surface area contributed by atoms with Crippen molar-refractivity contribution in [3.8, 4) is 22.3 Å². The number of halogens is 1. The minimum atomic E-state index is -4.01. The Morgan fingerprint density at radius 3 is 2.61 bits per heavy atom. The van der Waals surface area contributed by atoms with E-state index in [1.54, 1.807) is 26.2 Å². The molecule has 3 fully saturated rings. The van der Waals surface area contributed by atoms with Crippen LogP contribution >= 0.6 is 11.3 Å². The molecular formula is C45H53FN6O7S2. The lowest BCUT2D eigenvalue weighted by Gasteiger charge is -2.30. The van der Waals surface area contributed by atoms with E-state index in [1.165, 1.54) is 28.4 Å². The number of benzene rings is 2. The van der Waals surface area contributed by atoms with Crippen molar-refractivity contribution in [1.82, 2.24) is 24.9 Å². The highest BCUT2D eigenvalue weighted by atomic mass is 32.2. The molecule has 324 valence electrons. The molecule has 0 bridgehead atoms. The van der Waals surface area contributed by atoms with Crippen LogP contribution in [0.5, 0.6) is 11.6 Å². The van der Waals surface area contributed by atoms with Crippen molar-refractivity contribution in [2.24, 2.45) is 5.92 Å². The summed E-state index contributed by atoms with van der Waals surface area (Å²) < 4.78 is 54.6. The van der Waals surface area contributed by atoms with Gasteiger partial charge in [0.2, 0.25) is 27.7 Å². The first-order chi connectivity index (χ1) is 29.1. The predicted molar refractivity (Wildman–Crippen MR) is 232 cm³/mol. The molecule has 2 aromatic heterocycles. The van der Waals surface area contributed by atoms with E-state index in [-0.39, 0.29) is 31.2 Å². The van der Waals surface area contributed by atoms with Gasteiger partial charge in [0.15, 0.2) is 0 Å². The van der Waals surface area contributed by atoms with Gasteiger partial charge < -0.3 is 25.0 Å². The molecular weight excluding hydrogens is 820 g/mol. The number of hydrogen-bond acceptors (Lipinski definition) is 11. The van der Waals surface area contributed by atoms with Crippen LogP contribution in [0, 0.1) is 18.7 Å². The maximum Gasteiger partial charge on any atom is 0.259 e. The number of hydrogen-bond donors (Lipinski definition) is 3. The van der Waals surface area contributed by atoms with Crippen molar-refractivity contribution in [3.05, 3.63) is 77.1 Å². The molecule has 4 aromatic rings. The highest BCUT2D eigenvalue weighted by Crippen LogP contribution is 2.48. The van der Waals surface area contributed by atoms with Crippen LogP contribution in [0.4, 0.5) is 10.1 Å². The summed E-state index contributed by atoms with van der Waals surface area (Å²) in [5.74, 6) is -1.46. The molecule has 3 N–H and O–H groups in total. The van der Waals surface area contributed by atoms with Crippen LogP contribution in [-0.2, 0) is 24.4 Å². The number of carbonyl (C=O) groups excluding carboxylic acids is 3. The maximum atomic E-state index is 14.9. The van der Waals surface area contributed by atoms with E-state index in [0.717, 1.165) is 29.5 Å². The largest absolute Gasteiger partial charge is 0.496 e. The fourth-order valence-corrected chi connectivity index (χ4v) is 10.6. The lowest BCUT2D eigenvalue weighted by molar-refractivity contribution is -0.140. The van der Waals surface area contributed by atoms with Crippen molar-refractivity contribution in [2.75, 3.05) is 19.0 Å². The van der Waals surface area contributed by atoms with Gasteiger partial charge in [-0.2, -0.15) is 0 Å². The first kappa shape index (κ1) is 42.6. The molecule has 4 heterocycles. The molecule has 2 aromatic carbocycles. The molecule has 8 rings (SSSR count). The van der Waals surface area contributed by atoms with Crippen molar-refractivity contribution in [1.29, 1.82) is 0 Å². The number of amides is 3. The van der Waals surface area contributed by atoms with Gasteiger partial charge in [-0.25, -0.2) is 22.8 Å². The monoisotopic (exact) mass is 872 g/mol. The van der Waals surface area contributed by atoms with Gasteiger partial charge in [-0.15, -0.1) is 11.3 Å². The SMILES string of the molecule is COc1ccc2c(O[C@@H]3C[C@H]4C(=O)N[C@]5(C(=O)NS(=O)(=O)C6(C)CC6)C[C@H]5/C=C\CCCCC[C@H](Nc5cccc(F)c5)C(=O)N4C3)nc(-c3nc(C(C)C)cs3)cc2c1C. The van der Waals surface area contributed by atoms with Gasteiger partial charge in [0.25, 0.3) is 5.91 Å². The summed E-state index contributed by atoms with van der Waals surface area (Å²) in [6.07, 6.45) is 7.70. The third kappa shape index (κ3) is 8.57. The number of aromatic nitrogens is 2. The number of fused-ring (bicyclic) bond motifs is 3. The summed E-state index contributed by atoms with van der Waals surface area (Å²) in [5, 5.41) is 10.5. The van der Waals surface area contributed by atoms with E-state index in [1.807, 2.05) is 42.7 Å². The molecule has 13 nitrogen and oxygen atoms in total. The first-order valence-electron chi connectivity index (χ1n) is 21.1. The number of thiazole rings is 1. The van der Waals surface area contributed by atoms with E-state index < -0.39 is 62.0 Å². The zero-order chi connectivity index (χ0) is 43.3. The van der Waals surface area contributed by atoms with Crippen LogP contribution in [-0.4, -0.2) is 83.1 Å². The zero-order valence-corrected chi connectivity index (χ0v) is 36.8. The minimum absolute atomic E-state index is 0.00476. The van der Waals surface area contributed by atoms with Gasteiger partial charge in [-0.05, 0) is 106 Å². The molecule has 0 unspecified atom stereocenters. The molecule has 16 heteroatoms. The van der Waals surface area contributed by atoms with Crippen molar-refractivity contribution in [2.45, 2.75) is 120 Å². The highest BCUT2D eigenvalue weighted by Gasteiger charge is 2.63. The third-order valence-corrected chi connectivity index (χ3v) is 15.7. The number of nitrogens with zero attached hydrogens (tertiary/aromatic N) is 3. The molecule has 2 aliphatic heterocycles. The predicted octanol–water partition coefficient (Wildman–Crippen LogP) is 7.16. The zero-order valence-electron chi connectivity index (χ0n) is 35.1. The number of rotatable bonds is 10. The summed E-state index contributed by atoms with van der Waals surface area (Å²) in [5.41, 5.74) is 1.33. The van der Waals surface area contributed by atoms with Crippen LogP contribution in [0.15, 0.2) is 60.0 Å². The smallest absolute Gasteiger partial charge is 0.259 e. The van der Waals surface area contributed by atoms with Crippen LogP contribution in [0.1, 0.15) is 95.7 Å². The molecule has 1 saturated heterocycles. The molecule has 2 saturated carbocycles. The lowest BCUT2D eigenvalue weighted by Crippen LogP contribution is -2.58. The van der Waals surface area contributed by atoms with Gasteiger partial charge in [0.05, 0.1) is 24.1 Å². The van der Waals surface area contributed by atoms with Crippen LogP contribution < -0.4 is 24.8 Å². The van der Waals surface area contributed by atoms with Gasteiger partial charge in [0.1, 0.15) is 46.0 Å². The Kier molecular flexibility index (Phi) is 11.6. The topological polar surface area (TPSA) is 169 Å². The fourth-order valence-electron chi connectivity index (χ4n) is 8.39. The van der Waals surface area contributed by atoms with Gasteiger partial charge >= 0.3 is 0 Å². The van der Waals surface area contributed by atoms with Crippen molar-refractivity contribution < 1.29 is 36.7 Å². The van der Waals surface area contributed by atoms with Crippen LogP contribution in [0.2, 0.25) is 0 Å². The number of ether oxygens (including phenoxy) is 2. The van der Waals surface area contributed by atoms with E-state index >= 15 is 0 Å². The number of anilines is 1. The summed E-state index contributed by atoms with van der Waals surface area (Å²) in [7, 11) is -2.39. The Morgan fingerprint density at radius 1 is 1.08 bits per heavy atom. The Labute approximate surface area is 359 Å². The normalized spacial score (nSPS) is 25.7. The third-order valence-electron chi connectivity index (χ3n) is 12.7. The number of carbonyl (C=O) groups is 3. The average Bonchev–Trinajstić information content (AvgIpc) is 3.99. The molecule has 0 spiro atoms. The van der Waals surface area contributed by atoms with E-state index in [4.69, 9.17) is 19.4 Å². The van der Waals surface area contributed by atoms with Gasteiger partial charge in [-0.1, -0.05) is 44.9 Å². The standard InChI is InChI=1S/C45H53FN6O7S2/c1-26(2)36-25-60-41(49-36)35-22-33-27(3)38(58-5)17-16-32(33)40(48-35)59-31-21-37-39(53)50-45(43(55)51-61(56,57)44(4)18-19-44)23-28(45)12-9-7-6-8-10-15-34(42(54)52(37)24-31)47-30-14-11-13-29(46)20-30/h9,11-14,16-17,20,22,25-26,28,31,34,37,47H,6-8,10,15,18-19,21,23-24H2,1-5H3,(H,50,53)(H,51,55)/b12-9-/t28-,31-,34+,37+,45-/m1/s1. The first-order valence-corrected chi connectivity index (χ1v) is 23.5. The second-order valence-electron chi connectivity index (χ2n) is 17.4. The van der Waals surface area contributed by atoms with Crippen LogP contribution in [0.25, 0.3) is 21.5 Å². The number of sulfonamides is 1. The Balaban J connectivity index is 1.15. The minimum Gasteiger partial charge on any atom is -0.496 e. The molecule has 2 aliphatic carbocycles. The lowest BCUT2D eigenvalue weighted by atomic mass is 10.0. The molecule has 0 radical (unpaired) electrons. The summed E-state index contributed by atoms with van der Waals surface area (Å²) >= 11 is 1.48. The summed E-state index contributed by atoms with van der Waals surface area (Å²) in [4.78, 5) is 54.9. The second-order valence-corrected chi connectivity index (χ2v) is 20.5. The van der Waals surface area contributed by atoms with Gasteiger partial charge in [-0.3, -0.25) is 19.1 Å². The Morgan fingerprint density at radius 2 is 1.89 bits per heavy atom. The number of nitrogens with one attached hydrogen (secondary N) is 3. The fraction of sp³-hybridized carbons (Fsp3) is 0.489. The number of allylic oxidation sites excluding steroid dienone is 1. The Hall–Kier alpha value is -5.09. The van der Waals surface area contributed by atoms with E-state index in [2.05, 4.69) is 29.2 Å². The molecule has 3 amide bonds. The summed E-state index contributed by atoms with van der Waals surface area (Å²) in [6, 6.07) is 9.68. The van der Waals surface area contributed by atoms with Crippen molar-refractivity contribution in [3.63, 3.8) is 0 Å². The molecule has 61 heavy (non-hydrogen) atoms. The quantitative estimate of drug-likeness (QED) is 0.139. The van der Waals surface area contributed by atoms with Crippen LogP contribution in [0.3, 0.4) is 0 Å². The number of methoxy groups -OCH3 is 1. The Bertz CT molecular complexity index is 2510. The van der Waals surface area contributed by atoms with E-state index in [0.29, 0.717) is 65.5 Å². The second kappa shape index (κ2) is 16.6. The summed E-state index contributed by atoms with van der Waals surface area (Å²) in [6.45, 7) is 7.72. The maximum absolute atomic E-state index is 14.9. The average molecular weight is 873 g/mol.